The largest absolute Gasteiger partial charge is 0.494 e. The molecule has 156 valence electrons. The molecule has 0 atom stereocenters. The number of carbonyl (C=O) groups is 1. The molecule has 4 aromatic rings. The van der Waals surface area contributed by atoms with Gasteiger partial charge in [-0.1, -0.05) is 12.1 Å². The summed E-state index contributed by atoms with van der Waals surface area (Å²) in [7, 11) is 0. The van der Waals surface area contributed by atoms with Crippen molar-refractivity contribution in [2.45, 2.75) is 6.92 Å². The van der Waals surface area contributed by atoms with Gasteiger partial charge in [0.15, 0.2) is 0 Å². The summed E-state index contributed by atoms with van der Waals surface area (Å²) in [5.41, 5.74) is 0.0665. The van der Waals surface area contributed by atoms with Crippen LogP contribution >= 0.6 is 0 Å². The fourth-order valence-electron chi connectivity index (χ4n) is 3.40. The van der Waals surface area contributed by atoms with Gasteiger partial charge in [-0.25, -0.2) is 22.9 Å². The predicted molar refractivity (Wildman–Crippen MR) is 111 cm³/mol. The molecular formula is C24H16F3NO3. The van der Waals surface area contributed by atoms with Crippen LogP contribution in [0, 0.1) is 17.5 Å². The van der Waals surface area contributed by atoms with Gasteiger partial charge in [0, 0.05) is 5.39 Å². The zero-order chi connectivity index (χ0) is 22.1. The topological polar surface area (TPSA) is 59.4 Å². The highest BCUT2D eigenvalue weighted by Gasteiger charge is 2.20. The first-order valence-electron chi connectivity index (χ1n) is 9.43. The number of halogens is 3. The van der Waals surface area contributed by atoms with Gasteiger partial charge in [0.25, 0.3) is 0 Å². The summed E-state index contributed by atoms with van der Waals surface area (Å²) in [6.07, 6.45) is 0. The van der Waals surface area contributed by atoms with Crippen molar-refractivity contribution < 1.29 is 27.8 Å². The highest BCUT2D eigenvalue weighted by atomic mass is 19.1. The Bertz CT molecular complexity index is 1280. The molecule has 0 saturated carbocycles. The molecule has 4 nitrogen and oxygen atoms in total. The molecule has 0 saturated heterocycles. The van der Waals surface area contributed by atoms with E-state index in [0.29, 0.717) is 23.5 Å². The molecule has 4 rings (SSSR count). The number of fused-ring (bicyclic) bond motifs is 1. The second-order valence-corrected chi connectivity index (χ2v) is 6.79. The van der Waals surface area contributed by atoms with E-state index in [4.69, 9.17) is 4.74 Å². The average Bonchev–Trinajstić information content (AvgIpc) is 2.73. The molecule has 3 aromatic carbocycles. The summed E-state index contributed by atoms with van der Waals surface area (Å²) >= 11 is 0. The Hall–Kier alpha value is -3.87. The maximum Gasteiger partial charge on any atom is 0.336 e. The summed E-state index contributed by atoms with van der Waals surface area (Å²) in [4.78, 5) is 15.8. The Kier molecular flexibility index (Phi) is 5.33. The number of hydrogen-bond acceptors (Lipinski definition) is 3. The fourth-order valence-corrected chi connectivity index (χ4v) is 3.40. The highest BCUT2D eigenvalue weighted by molar-refractivity contribution is 6.03. The van der Waals surface area contributed by atoms with Gasteiger partial charge in [0.2, 0.25) is 0 Å². The number of nitrogens with zero attached hydrogens (tertiary/aromatic N) is 1. The predicted octanol–water partition coefficient (Wildman–Crippen LogP) is 6.08. The molecule has 31 heavy (non-hydrogen) atoms. The van der Waals surface area contributed by atoms with E-state index in [2.05, 4.69) is 4.98 Å². The van der Waals surface area contributed by atoms with Gasteiger partial charge < -0.3 is 9.84 Å². The first-order valence-corrected chi connectivity index (χ1v) is 9.43. The van der Waals surface area contributed by atoms with Gasteiger partial charge in [-0.15, -0.1) is 0 Å². The van der Waals surface area contributed by atoms with Crippen LogP contribution in [0.3, 0.4) is 0 Å². The monoisotopic (exact) mass is 423 g/mol. The Labute approximate surface area is 175 Å². The van der Waals surface area contributed by atoms with Crippen LogP contribution in [0.1, 0.15) is 17.3 Å². The molecule has 1 N–H and O–H groups in total. The number of carboxylic acid groups (broad SMARTS) is 1. The van der Waals surface area contributed by atoms with Gasteiger partial charge in [-0.3, -0.25) is 0 Å². The number of aromatic carboxylic acids is 1. The van der Waals surface area contributed by atoms with Crippen LogP contribution in [0.4, 0.5) is 13.2 Å². The van der Waals surface area contributed by atoms with Crippen molar-refractivity contribution in [1.82, 2.24) is 4.98 Å². The maximum absolute atomic E-state index is 15.0. The third-order valence-electron chi connectivity index (χ3n) is 4.80. The van der Waals surface area contributed by atoms with Gasteiger partial charge in [-0.2, -0.15) is 0 Å². The molecule has 0 aliphatic rings. The van der Waals surface area contributed by atoms with Crippen LogP contribution in [-0.4, -0.2) is 22.7 Å². The van der Waals surface area contributed by atoms with Crippen molar-refractivity contribution in [1.29, 1.82) is 0 Å². The lowest BCUT2D eigenvalue weighted by Gasteiger charge is -2.11. The maximum atomic E-state index is 15.0. The second kappa shape index (κ2) is 8.10. The van der Waals surface area contributed by atoms with Crippen LogP contribution in [0.25, 0.3) is 33.3 Å². The van der Waals surface area contributed by atoms with Gasteiger partial charge in [-0.05, 0) is 66.6 Å². The molecule has 0 unspecified atom stereocenters. The molecule has 0 spiro atoms. The van der Waals surface area contributed by atoms with Crippen LogP contribution in [0.2, 0.25) is 0 Å². The Morgan fingerprint density at radius 2 is 1.61 bits per heavy atom. The minimum absolute atomic E-state index is 0.0445. The number of rotatable bonds is 5. The average molecular weight is 423 g/mol. The number of hydrogen-bond donors (Lipinski definition) is 1. The van der Waals surface area contributed by atoms with E-state index in [1.165, 1.54) is 6.07 Å². The van der Waals surface area contributed by atoms with Crippen LogP contribution in [0.5, 0.6) is 5.75 Å². The molecule has 0 bridgehead atoms. The first-order chi connectivity index (χ1) is 14.9. The normalized spacial score (nSPS) is 11.0. The smallest absolute Gasteiger partial charge is 0.336 e. The van der Waals surface area contributed by atoms with E-state index >= 15 is 0 Å². The molecule has 0 aliphatic heterocycles. The number of benzene rings is 3. The quantitative estimate of drug-likeness (QED) is 0.422. The molecule has 1 aromatic heterocycles. The lowest BCUT2D eigenvalue weighted by molar-refractivity contribution is 0.0699. The van der Waals surface area contributed by atoms with Crippen molar-refractivity contribution in [3.63, 3.8) is 0 Å². The lowest BCUT2D eigenvalue weighted by atomic mass is 9.99. The van der Waals surface area contributed by atoms with Crippen molar-refractivity contribution >= 4 is 16.9 Å². The van der Waals surface area contributed by atoms with Gasteiger partial charge >= 0.3 is 5.97 Å². The van der Waals surface area contributed by atoms with E-state index in [9.17, 15) is 23.1 Å². The summed E-state index contributed by atoms with van der Waals surface area (Å²) < 4.78 is 48.9. The van der Waals surface area contributed by atoms with Gasteiger partial charge in [0.1, 0.15) is 23.2 Å². The van der Waals surface area contributed by atoms with E-state index in [-0.39, 0.29) is 22.2 Å². The molecular weight excluding hydrogens is 407 g/mol. The molecule has 0 radical (unpaired) electrons. The SMILES string of the molecule is CCOc1ccc(-c2cc(F)c(-c3cc(C(=O)O)c4cc(F)ccc4n3)c(F)c2)cc1. The first kappa shape index (κ1) is 20.4. The van der Waals surface area contributed by atoms with E-state index in [1.807, 2.05) is 6.92 Å². The summed E-state index contributed by atoms with van der Waals surface area (Å²) in [5.74, 6) is -3.14. The summed E-state index contributed by atoms with van der Waals surface area (Å²) in [6.45, 7) is 2.35. The van der Waals surface area contributed by atoms with Gasteiger partial charge in [0.05, 0.1) is 28.9 Å². The fraction of sp³-hybridized carbons (Fsp3) is 0.0833. The molecule has 7 heteroatoms. The van der Waals surface area contributed by atoms with Crippen LogP contribution in [-0.2, 0) is 0 Å². The van der Waals surface area contributed by atoms with Crippen molar-refractivity contribution in [3.05, 3.63) is 83.7 Å². The van der Waals surface area contributed by atoms with Crippen molar-refractivity contribution in [3.8, 4) is 28.1 Å². The summed E-state index contributed by atoms with van der Waals surface area (Å²) in [6, 6.07) is 13.5. The van der Waals surface area contributed by atoms with Crippen LogP contribution in [0.15, 0.2) is 60.7 Å². The Balaban J connectivity index is 1.83. The number of carboxylic acids is 1. The zero-order valence-corrected chi connectivity index (χ0v) is 16.3. The Morgan fingerprint density at radius 1 is 0.935 bits per heavy atom. The standard InChI is InChI=1S/C24H16F3NO3/c1-2-31-16-6-3-13(4-7-16)14-9-19(26)23(20(27)10-14)22-12-18(24(29)30)17-11-15(25)5-8-21(17)28-22/h3-12H,2H2,1H3,(H,29,30). The van der Waals surface area contributed by atoms with E-state index in [1.54, 1.807) is 24.3 Å². The molecule has 1 heterocycles. The molecule has 0 amide bonds. The van der Waals surface area contributed by atoms with E-state index in [0.717, 1.165) is 30.3 Å². The highest BCUT2D eigenvalue weighted by Crippen LogP contribution is 2.33. The van der Waals surface area contributed by atoms with Crippen molar-refractivity contribution in [2.24, 2.45) is 0 Å². The number of aromatic nitrogens is 1. The summed E-state index contributed by atoms with van der Waals surface area (Å²) in [5, 5.41) is 9.53. The number of ether oxygens (including phenoxy) is 1. The third-order valence-corrected chi connectivity index (χ3v) is 4.80. The zero-order valence-electron chi connectivity index (χ0n) is 16.3. The van der Waals surface area contributed by atoms with E-state index < -0.39 is 29.0 Å². The van der Waals surface area contributed by atoms with Crippen molar-refractivity contribution in [2.75, 3.05) is 6.61 Å². The minimum Gasteiger partial charge on any atom is -0.494 e. The lowest BCUT2D eigenvalue weighted by Crippen LogP contribution is -2.02. The Morgan fingerprint density at radius 3 is 2.23 bits per heavy atom. The number of pyridine rings is 1. The molecule has 0 aliphatic carbocycles. The second-order valence-electron chi connectivity index (χ2n) is 6.79. The third kappa shape index (κ3) is 3.94. The van der Waals surface area contributed by atoms with Crippen LogP contribution < -0.4 is 4.74 Å². The minimum atomic E-state index is -1.36. The molecule has 0 fully saturated rings.